The van der Waals surface area contributed by atoms with Crippen molar-refractivity contribution < 1.29 is 14.8 Å². The Balaban J connectivity index is 2.76. The average Bonchev–Trinajstić information content (AvgIpc) is 2.27. The second-order valence-electron chi connectivity index (χ2n) is 3.49. The Morgan fingerprint density at radius 2 is 1.83 bits per heavy atom. The van der Waals surface area contributed by atoms with E-state index in [1.165, 1.54) is 24.3 Å². The fraction of sp³-hybridized carbons (Fsp3) is 0.300. The zero-order valence-electron chi connectivity index (χ0n) is 8.85. The van der Waals surface area contributed by atoms with Crippen molar-refractivity contribution in [2.24, 2.45) is 0 Å². The molecule has 0 bridgehead atoms. The van der Waals surface area contributed by atoms with Crippen molar-refractivity contribution in [3.05, 3.63) is 39.9 Å². The summed E-state index contributed by atoms with van der Waals surface area (Å²) < 4.78 is -1.95. The highest BCUT2D eigenvalue weighted by atomic mass is 35.6. The number of carbonyl (C=O) groups is 1. The van der Waals surface area contributed by atoms with Crippen LogP contribution >= 0.6 is 34.8 Å². The normalized spacial score (nSPS) is 13.1. The third-order valence-electron chi connectivity index (χ3n) is 2.16. The smallest absolute Gasteiger partial charge is 0.269 e. The molecule has 1 unspecified atom stereocenters. The molecule has 0 radical (unpaired) electrons. The largest absolute Gasteiger partial charge is 0.388 e. The number of nitro groups is 1. The van der Waals surface area contributed by atoms with Crippen LogP contribution in [0.1, 0.15) is 16.8 Å². The predicted octanol–water partition coefficient (Wildman–Crippen LogP) is 2.90. The molecule has 5 nitrogen and oxygen atoms in total. The molecular weight excluding hydrogens is 304 g/mol. The first kappa shape index (κ1) is 15.2. The number of aliphatic hydroxyl groups excluding tert-OH is 1. The summed E-state index contributed by atoms with van der Waals surface area (Å²) in [5.74, 6) is -0.469. The molecule has 18 heavy (non-hydrogen) atoms. The summed E-state index contributed by atoms with van der Waals surface area (Å²) in [5.41, 5.74) is 0.0716. The van der Waals surface area contributed by atoms with E-state index in [0.29, 0.717) is 0 Å². The minimum Gasteiger partial charge on any atom is -0.388 e. The Morgan fingerprint density at radius 1 is 1.33 bits per heavy atom. The molecule has 98 valence electrons. The summed E-state index contributed by atoms with van der Waals surface area (Å²) in [6.45, 7) is 0. The van der Waals surface area contributed by atoms with Crippen molar-refractivity contribution in [3.8, 4) is 0 Å². The first-order valence-electron chi connectivity index (χ1n) is 4.74. The van der Waals surface area contributed by atoms with Gasteiger partial charge in [-0.05, 0) is 12.1 Å². The van der Waals surface area contributed by atoms with Crippen molar-refractivity contribution in [1.29, 1.82) is 0 Å². The van der Waals surface area contributed by atoms with Gasteiger partial charge in [-0.1, -0.05) is 34.8 Å². The monoisotopic (exact) mass is 311 g/mol. The molecule has 1 atom stereocenters. The number of Topliss-reactive ketones (excluding diaryl/α,β-unsaturated/α-hetero) is 1. The molecular formula is C10H8Cl3NO4. The number of rotatable bonds is 4. The second-order valence-corrected chi connectivity index (χ2v) is 5.86. The van der Waals surface area contributed by atoms with Crippen LogP contribution in [0.15, 0.2) is 24.3 Å². The van der Waals surface area contributed by atoms with E-state index in [-0.39, 0.29) is 17.7 Å². The maximum atomic E-state index is 11.7. The van der Waals surface area contributed by atoms with Crippen LogP contribution in [-0.2, 0) is 0 Å². The molecule has 1 aromatic rings. The van der Waals surface area contributed by atoms with Gasteiger partial charge >= 0.3 is 0 Å². The Labute approximate surface area is 117 Å². The predicted molar refractivity (Wildman–Crippen MR) is 68.3 cm³/mol. The number of ketones is 1. The standard InChI is InChI=1S/C10H8Cl3NO4/c11-10(12,13)9(16)5-8(15)6-1-3-7(4-2-6)14(17)18/h1-4,9,16H,5H2. The van der Waals surface area contributed by atoms with E-state index in [4.69, 9.17) is 34.8 Å². The van der Waals surface area contributed by atoms with Crippen molar-refractivity contribution in [2.45, 2.75) is 16.3 Å². The highest BCUT2D eigenvalue weighted by molar-refractivity contribution is 6.68. The number of carbonyl (C=O) groups excluding carboxylic acids is 1. The van der Waals surface area contributed by atoms with Crippen LogP contribution < -0.4 is 0 Å². The highest BCUT2D eigenvalue weighted by Crippen LogP contribution is 2.32. The maximum absolute atomic E-state index is 11.7. The van der Waals surface area contributed by atoms with E-state index >= 15 is 0 Å². The highest BCUT2D eigenvalue weighted by Gasteiger charge is 2.32. The van der Waals surface area contributed by atoms with Crippen LogP contribution in [0.3, 0.4) is 0 Å². The lowest BCUT2D eigenvalue weighted by Crippen LogP contribution is -2.28. The molecule has 0 heterocycles. The summed E-state index contributed by atoms with van der Waals surface area (Å²) >= 11 is 16.3. The summed E-state index contributed by atoms with van der Waals surface area (Å²) in [5, 5.41) is 19.9. The van der Waals surface area contributed by atoms with Crippen LogP contribution in [0.4, 0.5) is 5.69 Å². The Morgan fingerprint density at radius 3 is 2.22 bits per heavy atom. The minimum atomic E-state index is -1.95. The lowest BCUT2D eigenvalue weighted by molar-refractivity contribution is -0.384. The Bertz CT molecular complexity index is 455. The quantitative estimate of drug-likeness (QED) is 0.401. The molecule has 0 spiro atoms. The number of alkyl halides is 3. The first-order chi connectivity index (χ1) is 8.21. The number of hydrogen-bond acceptors (Lipinski definition) is 4. The van der Waals surface area contributed by atoms with Gasteiger partial charge in [0.25, 0.3) is 5.69 Å². The van der Waals surface area contributed by atoms with E-state index < -0.39 is 20.6 Å². The van der Waals surface area contributed by atoms with Crippen molar-refractivity contribution in [1.82, 2.24) is 0 Å². The van der Waals surface area contributed by atoms with E-state index in [1.54, 1.807) is 0 Å². The molecule has 0 aliphatic rings. The SMILES string of the molecule is O=C(CC(O)C(Cl)(Cl)Cl)c1ccc([N+](=O)[O-])cc1. The molecule has 0 saturated carbocycles. The fourth-order valence-corrected chi connectivity index (χ4v) is 1.41. The van der Waals surface area contributed by atoms with E-state index in [2.05, 4.69) is 0 Å². The maximum Gasteiger partial charge on any atom is 0.269 e. The lowest BCUT2D eigenvalue weighted by atomic mass is 10.1. The van der Waals surface area contributed by atoms with Crippen molar-refractivity contribution in [2.75, 3.05) is 0 Å². The number of halogens is 3. The molecule has 1 rings (SSSR count). The Hall–Kier alpha value is -0.880. The molecule has 0 aliphatic heterocycles. The number of non-ortho nitro benzene ring substituents is 1. The van der Waals surface area contributed by atoms with Crippen LogP contribution in [-0.4, -0.2) is 25.7 Å². The average molecular weight is 313 g/mol. The van der Waals surface area contributed by atoms with Crippen molar-refractivity contribution >= 4 is 46.3 Å². The topological polar surface area (TPSA) is 80.4 Å². The van der Waals surface area contributed by atoms with Crippen molar-refractivity contribution in [3.63, 3.8) is 0 Å². The van der Waals surface area contributed by atoms with Gasteiger partial charge in [0.05, 0.1) is 4.92 Å². The number of benzene rings is 1. The van der Waals surface area contributed by atoms with Crippen LogP contribution in [0.2, 0.25) is 0 Å². The van der Waals surface area contributed by atoms with E-state index in [1.807, 2.05) is 0 Å². The number of hydrogen-bond donors (Lipinski definition) is 1. The van der Waals surface area contributed by atoms with Gasteiger partial charge in [0.15, 0.2) is 5.78 Å². The Kier molecular flexibility index (Phi) is 4.92. The second kappa shape index (κ2) is 5.84. The van der Waals surface area contributed by atoms with Gasteiger partial charge in [0.2, 0.25) is 3.79 Å². The van der Waals surface area contributed by atoms with Gasteiger partial charge in [-0.2, -0.15) is 0 Å². The van der Waals surface area contributed by atoms with Crippen LogP contribution in [0.25, 0.3) is 0 Å². The van der Waals surface area contributed by atoms with Gasteiger partial charge < -0.3 is 5.11 Å². The molecule has 8 heteroatoms. The summed E-state index contributed by atoms with van der Waals surface area (Å²) in [6, 6.07) is 4.95. The molecule has 0 amide bonds. The zero-order valence-corrected chi connectivity index (χ0v) is 11.1. The third-order valence-corrected chi connectivity index (χ3v) is 2.91. The molecule has 0 aromatic heterocycles. The number of nitro benzene ring substituents is 1. The summed E-state index contributed by atoms with van der Waals surface area (Å²) in [7, 11) is 0. The van der Waals surface area contributed by atoms with Gasteiger partial charge in [-0.25, -0.2) is 0 Å². The van der Waals surface area contributed by atoms with Gasteiger partial charge in [0, 0.05) is 24.1 Å². The minimum absolute atomic E-state index is 0.131. The molecule has 0 fully saturated rings. The van der Waals surface area contributed by atoms with E-state index in [9.17, 15) is 20.0 Å². The van der Waals surface area contributed by atoms with E-state index in [0.717, 1.165) is 0 Å². The third kappa shape index (κ3) is 4.10. The number of aliphatic hydroxyl groups is 1. The summed E-state index contributed by atoms with van der Waals surface area (Å²) in [4.78, 5) is 21.5. The summed E-state index contributed by atoms with van der Waals surface area (Å²) in [6.07, 6.45) is -1.82. The van der Waals surface area contributed by atoms with Gasteiger partial charge in [-0.15, -0.1) is 0 Å². The number of nitrogens with zero attached hydrogens (tertiary/aromatic N) is 1. The van der Waals surface area contributed by atoms with Gasteiger partial charge in [0.1, 0.15) is 6.10 Å². The molecule has 1 N–H and O–H groups in total. The van der Waals surface area contributed by atoms with Crippen LogP contribution in [0, 0.1) is 10.1 Å². The van der Waals surface area contributed by atoms with Crippen LogP contribution in [0.5, 0.6) is 0 Å². The molecule has 0 saturated heterocycles. The first-order valence-corrected chi connectivity index (χ1v) is 5.87. The fourth-order valence-electron chi connectivity index (χ4n) is 1.18. The lowest BCUT2D eigenvalue weighted by Gasteiger charge is -2.17. The molecule has 0 aliphatic carbocycles. The molecule has 1 aromatic carbocycles. The zero-order chi connectivity index (χ0) is 13.9. The van der Waals surface area contributed by atoms with Gasteiger partial charge in [-0.3, -0.25) is 14.9 Å².